The van der Waals surface area contributed by atoms with Crippen molar-refractivity contribution in [1.29, 1.82) is 0 Å². The molecule has 0 aliphatic rings. The number of amides is 2. The van der Waals surface area contributed by atoms with E-state index < -0.39 is 5.41 Å². The maximum absolute atomic E-state index is 11.8. The Morgan fingerprint density at radius 2 is 1.76 bits per heavy atom. The topological polar surface area (TPSA) is 67.4 Å². The Kier molecular flexibility index (Phi) is 6.21. The molecule has 0 spiro atoms. The molecule has 0 bridgehead atoms. The zero-order chi connectivity index (χ0) is 15.9. The predicted octanol–water partition coefficient (Wildman–Crippen LogP) is 2.58. The van der Waals surface area contributed by atoms with Crippen molar-refractivity contribution in [3.05, 3.63) is 24.3 Å². The average Bonchev–Trinajstić information content (AvgIpc) is 2.43. The molecule has 21 heavy (non-hydrogen) atoms. The third-order valence-electron chi connectivity index (χ3n) is 2.92. The standard InChI is InChI=1S/C16H24N2O3/c1-16(2,3)15(20)17-11-5-6-14(19)18-12-7-9-13(21-4)10-8-12/h7-10H,5-6,11H2,1-4H3,(H,17,20)(H,18,19). The van der Waals surface area contributed by atoms with Crippen LogP contribution < -0.4 is 15.4 Å². The summed E-state index contributed by atoms with van der Waals surface area (Å²) in [5, 5.41) is 5.63. The largest absolute Gasteiger partial charge is 0.497 e. The zero-order valence-corrected chi connectivity index (χ0v) is 13.2. The van der Waals surface area contributed by atoms with Gasteiger partial charge >= 0.3 is 0 Å². The minimum Gasteiger partial charge on any atom is -0.497 e. The summed E-state index contributed by atoms with van der Waals surface area (Å²) in [4.78, 5) is 23.4. The van der Waals surface area contributed by atoms with Gasteiger partial charge in [0.15, 0.2) is 0 Å². The van der Waals surface area contributed by atoms with Crippen LogP contribution in [0, 0.1) is 5.41 Å². The highest BCUT2D eigenvalue weighted by Crippen LogP contribution is 2.15. The summed E-state index contributed by atoms with van der Waals surface area (Å²) in [5.41, 5.74) is 0.338. The molecule has 0 radical (unpaired) electrons. The number of hydrogen-bond donors (Lipinski definition) is 2. The van der Waals surface area contributed by atoms with Gasteiger partial charge in [0.2, 0.25) is 11.8 Å². The van der Waals surface area contributed by atoms with E-state index in [-0.39, 0.29) is 11.8 Å². The molecule has 0 atom stereocenters. The smallest absolute Gasteiger partial charge is 0.225 e. The van der Waals surface area contributed by atoms with E-state index in [1.165, 1.54) is 0 Å². The molecule has 2 N–H and O–H groups in total. The average molecular weight is 292 g/mol. The van der Waals surface area contributed by atoms with Crippen LogP contribution in [0.25, 0.3) is 0 Å². The fraction of sp³-hybridized carbons (Fsp3) is 0.500. The zero-order valence-electron chi connectivity index (χ0n) is 13.2. The van der Waals surface area contributed by atoms with Crippen molar-refractivity contribution >= 4 is 17.5 Å². The van der Waals surface area contributed by atoms with E-state index in [2.05, 4.69) is 10.6 Å². The van der Waals surface area contributed by atoms with E-state index in [0.717, 1.165) is 11.4 Å². The van der Waals surface area contributed by atoms with Gasteiger partial charge in [0, 0.05) is 24.1 Å². The van der Waals surface area contributed by atoms with E-state index in [4.69, 9.17) is 4.74 Å². The Hall–Kier alpha value is -2.04. The van der Waals surface area contributed by atoms with Gasteiger partial charge in [-0.05, 0) is 30.7 Å². The highest BCUT2D eigenvalue weighted by atomic mass is 16.5. The summed E-state index contributed by atoms with van der Waals surface area (Å²) in [6, 6.07) is 7.16. The van der Waals surface area contributed by atoms with Gasteiger partial charge in [-0.3, -0.25) is 9.59 Å². The summed E-state index contributed by atoms with van der Waals surface area (Å²) < 4.78 is 5.05. The maximum Gasteiger partial charge on any atom is 0.225 e. The first kappa shape index (κ1) is 17.0. The van der Waals surface area contributed by atoms with Crippen LogP contribution >= 0.6 is 0 Å². The Balaban J connectivity index is 2.26. The first-order chi connectivity index (χ1) is 9.82. The fourth-order valence-electron chi connectivity index (χ4n) is 1.61. The number of carbonyl (C=O) groups excluding carboxylic acids is 2. The molecule has 0 saturated heterocycles. The lowest BCUT2D eigenvalue weighted by Crippen LogP contribution is -2.35. The van der Waals surface area contributed by atoms with Gasteiger partial charge in [0.05, 0.1) is 7.11 Å². The SMILES string of the molecule is COc1ccc(NC(=O)CCCNC(=O)C(C)(C)C)cc1. The minimum atomic E-state index is -0.397. The normalized spacial score (nSPS) is 10.9. The molecule has 1 aromatic rings. The fourth-order valence-corrected chi connectivity index (χ4v) is 1.61. The van der Waals surface area contributed by atoms with Gasteiger partial charge in [-0.2, -0.15) is 0 Å². The van der Waals surface area contributed by atoms with Gasteiger partial charge in [-0.25, -0.2) is 0 Å². The Bertz CT molecular complexity index is 475. The van der Waals surface area contributed by atoms with Gasteiger partial charge in [0.1, 0.15) is 5.75 Å². The summed E-state index contributed by atoms with van der Waals surface area (Å²) in [5.74, 6) is 0.682. The number of benzene rings is 1. The molecule has 116 valence electrons. The van der Waals surface area contributed by atoms with Crippen molar-refractivity contribution in [3.63, 3.8) is 0 Å². The van der Waals surface area contributed by atoms with Gasteiger partial charge in [0.25, 0.3) is 0 Å². The Morgan fingerprint density at radius 1 is 1.14 bits per heavy atom. The van der Waals surface area contributed by atoms with E-state index in [1.54, 1.807) is 31.4 Å². The lowest BCUT2D eigenvalue weighted by Gasteiger charge is -2.17. The molecule has 2 amide bonds. The van der Waals surface area contributed by atoms with Crippen LogP contribution in [0.3, 0.4) is 0 Å². The maximum atomic E-state index is 11.8. The number of anilines is 1. The van der Waals surface area contributed by atoms with Crippen molar-refractivity contribution in [2.75, 3.05) is 19.0 Å². The van der Waals surface area contributed by atoms with E-state index >= 15 is 0 Å². The van der Waals surface area contributed by atoms with E-state index in [9.17, 15) is 9.59 Å². The number of methoxy groups -OCH3 is 1. The molecule has 0 unspecified atom stereocenters. The van der Waals surface area contributed by atoms with E-state index in [0.29, 0.717) is 19.4 Å². The molecule has 0 fully saturated rings. The molecular weight excluding hydrogens is 268 g/mol. The second-order valence-corrected chi connectivity index (χ2v) is 5.89. The van der Waals surface area contributed by atoms with E-state index in [1.807, 2.05) is 20.8 Å². The second kappa shape index (κ2) is 7.67. The minimum absolute atomic E-state index is 0.00179. The summed E-state index contributed by atoms with van der Waals surface area (Å²) in [7, 11) is 1.60. The number of hydrogen-bond acceptors (Lipinski definition) is 3. The van der Waals surface area contributed by atoms with Crippen LogP contribution in [0.15, 0.2) is 24.3 Å². The summed E-state index contributed by atoms with van der Waals surface area (Å²) >= 11 is 0. The first-order valence-electron chi connectivity index (χ1n) is 7.05. The molecule has 1 aromatic carbocycles. The van der Waals surface area contributed by atoms with Crippen molar-refractivity contribution in [2.45, 2.75) is 33.6 Å². The first-order valence-corrected chi connectivity index (χ1v) is 7.05. The number of rotatable bonds is 6. The van der Waals surface area contributed by atoms with Crippen LogP contribution in [-0.2, 0) is 9.59 Å². The highest BCUT2D eigenvalue weighted by molar-refractivity contribution is 5.90. The van der Waals surface area contributed by atoms with Gasteiger partial charge in [-0.15, -0.1) is 0 Å². The number of carbonyl (C=O) groups is 2. The van der Waals surface area contributed by atoms with Crippen LogP contribution in [0.1, 0.15) is 33.6 Å². The quantitative estimate of drug-likeness (QED) is 0.792. The van der Waals surface area contributed by atoms with Crippen LogP contribution in [0.2, 0.25) is 0 Å². The molecule has 0 saturated carbocycles. The highest BCUT2D eigenvalue weighted by Gasteiger charge is 2.20. The molecule has 0 aliphatic heterocycles. The summed E-state index contributed by atoms with van der Waals surface area (Å²) in [6.45, 7) is 6.09. The van der Waals surface area contributed by atoms with Crippen LogP contribution in [0.4, 0.5) is 5.69 Å². The van der Waals surface area contributed by atoms with Gasteiger partial charge in [-0.1, -0.05) is 20.8 Å². The predicted molar refractivity (Wildman–Crippen MR) is 83.3 cm³/mol. The van der Waals surface area contributed by atoms with Crippen molar-refractivity contribution in [1.82, 2.24) is 5.32 Å². The third kappa shape index (κ3) is 6.29. The number of nitrogens with one attached hydrogen (secondary N) is 2. The second-order valence-electron chi connectivity index (χ2n) is 5.89. The molecular formula is C16H24N2O3. The molecule has 0 aliphatic carbocycles. The molecule has 0 heterocycles. The van der Waals surface area contributed by atoms with Gasteiger partial charge < -0.3 is 15.4 Å². The molecule has 5 nitrogen and oxygen atoms in total. The summed E-state index contributed by atoms with van der Waals surface area (Å²) in [6.07, 6.45) is 0.986. The van der Waals surface area contributed by atoms with Crippen molar-refractivity contribution in [3.8, 4) is 5.75 Å². The van der Waals surface area contributed by atoms with Crippen molar-refractivity contribution in [2.24, 2.45) is 5.41 Å². The Labute approximate surface area is 126 Å². The Morgan fingerprint density at radius 3 is 2.29 bits per heavy atom. The molecule has 0 aromatic heterocycles. The lowest BCUT2D eigenvalue weighted by molar-refractivity contribution is -0.128. The monoisotopic (exact) mass is 292 g/mol. The van der Waals surface area contributed by atoms with Crippen molar-refractivity contribution < 1.29 is 14.3 Å². The van der Waals surface area contributed by atoms with Crippen LogP contribution in [-0.4, -0.2) is 25.5 Å². The third-order valence-corrected chi connectivity index (χ3v) is 2.92. The lowest BCUT2D eigenvalue weighted by atomic mass is 9.96. The molecule has 1 rings (SSSR count). The number of ether oxygens (including phenoxy) is 1. The van der Waals surface area contributed by atoms with Crippen LogP contribution in [0.5, 0.6) is 5.75 Å². The molecule has 5 heteroatoms.